The van der Waals surface area contributed by atoms with Crippen molar-refractivity contribution in [3.8, 4) is 0 Å². The summed E-state index contributed by atoms with van der Waals surface area (Å²) in [5, 5.41) is 24.0. The number of hydrogen-bond acceptors (Lipinski definition) is 10. The second-order valence-corrected chi connectivity index (χ2v) is 22.2. The SMILES string of the molecule is CN[C@@H](C)C(=O)N[C@H]1CN(C(=O)Nc2ccc(NC(=O)N3CC[C@H]4CC[C@@H](C(=O)N[C@H]5CCC[C@H]5c5ccccc5)N4C(=O)[C@@H](NC(=O)[C@H](C)NC)C3)cc2)CC[C@H]2CC[C@@H](C(=O)N[C@H]3CCC[C@H]3c3ccccc3)N2C1=O. The first-order valence-electron chi connectivity index (χ1n) is 28.2. The van der Waals surface area contributed by atoms with Crippen LogP contribution in [-0.2, 0) is 28.8 Å². The summed E-state index contributed by atoms with van der Waals surface area (Å²) in [6.45, 7) is 3.60. The summed E-state index contributed by atoms with van der Waals surface area (Å²) in [6.07, 6.45) is 8.54. The van der Waals surface area contributed by atoms with Crippen LogP contribution in [0.5, 0.6) is 0 Å². The number of fused-ring (bicyclic) bond motifs is 2. The van der Waals surface area contributed by atoms with Gasteiger partial charge in [-0.25, -0.2) is 9.59 Å². The summed E-state index contributed by atoms with van der Waals surface area (Å²) in [5.41, 5.74) is 3.19. The molecule has 418 valence electrons. The smallest absolute Gasteiger partial charge is 0.321 e. The van der Waals surface area contributed by atoms with E-state index in [2.05, 4.69) is 66.8 Å². The van der Waals surface area contributed by atoms with Crippen molar-refractivity contribution in [3.05, 3.63) is 96.1 Å². The molecule has 8 N–H and O–H groups in total. The average molecular weight is 1070 g/mol. The van der Waals surface area contributed by atoms with Gasteiger partial charge in [0.25, 0.3) is 0 Å². The van der Waals surface area contributed by atoms with Crippen molar-refractivity contribution in [3.63, 3.8) is 0 Å². The van der Waals surface area contributed by atoms with Crippen LogP contribution in [0.1, 0.15) is 114 Å². The highest BCUT2D eigenvalue weighted by Gasteiger charge is 2.48. The topological polar surface area (TPSA) is 246 Å². The number of hydrogen-bond donors (Lipinski definition) is 8. The highest BCUT2D eigenvalue weighted by atomic mass is 16.2. The quantitative estimate of drug-likeness (QED) is 0.116. The molecule has 10 amide bonds. The normalized spacial score (nSPS) is 27.9. The summed E-state index contributed by atoms with van der Waals surface area (Å²) in [7, 11) is 3.29. The van der Waals surface area contributed by atoms with Crippen LogP contribution in [0.4, 0.5) is 21.0 Å². The standard InChI is InChI=1S/C58H78N12O8/c1-35(59-3)51(71)65-47-33-67(31-29-41-25-27-49(69(41)55(47)75)53(73)63-45-19-11-17-43(45)37-13-7-5-8-14-37)57(77)61-39-21-23-40(24-22-39)62-58(78)68-32-30-42-26-28-50(70(42)56(76)48(34-68)66-52(72)36(2)60-4)54(74)64-46-20-12-18-44(46)38-15-9-6-10-16-38/h5-10,13-16,21-24,35-36,41-50,59-60H,11-12,17-20,25-34H2,1-4H3,(H,61,77)(H,62,78)(H,63,73)(H,64,74)(H,65,71)(H,66,72)/t35-,36-,41+,42+,43-,44-,45-,46-,47-,48-,49-,50-/m0/s1. The number of nitrogens with zero attached hydrogens (tertiary/aromatic N) is 4. The largest absolute Gasteiger partial charge is 0.351 e. The fraction of sp³-hybridized carbons (Fsp3) is 0.552. The Labute approximate surface area is 457 Å². The zero-order valence-corrected chi connectivity index (χ0v) is 45.4. The molecule has 2 aliphatic carbocycles. The molecule has 0 spiro atoms. The summed E-state index contributed by atoms with van der Waals surface area (Å²) < 4.78 is 0. The van der Waals surface area contributed by atoms with Crippen LogP contribution >= 0.6 is 0 Å². The number of carbonyl (C=O) groups excluding carboxylic acids is 8. The van der Waals surface area contributed by atoms with Crippen LogP contribution < -0.4 is 42.5 Å². The monoisotopic (exact) mass is 1070 g/mol. The van der Waals surface area contributed by atoms with Crippen LogP contribution in [-0.4, -0.2) is 168 Å². The lowest BCUT2D eigenvalue weighted by Gasteiger charge is -2.39. The second-order valence-electron chi connectivity index (χ2n) is 22.2. The molecule has 3 aromatic rings. The van der Waals surface area contributed by atoms with E-state index in [1.54, 1.807) is 62.0 Å². The molecule has 78 heavy (non-hydrogen) atoms. The zero-order chi connectivity index (χ0) is 55.0. The molecule has 0 aromatic heterocycles. The number of carbonyl (C=O) groups is 8. The number of benzene rings is 3. The molecule has 0 unspecified atom stereocenters. The van der Waals surface area contributed by atoms with Gasteiger partial charge in [0, 0.05) is 60.5 Å². The number of urea groups is 2. The minimum Gasteiger partial charge on any atom is -0.351 e. The third-order valence-electron chi connectivity index (χ3n) is 17.4. The summed E-state index contributed by atoms with van der Waals surface area (Å²) in [4.78, 5) is 119. The van der Waals surface area contributed by atoms with E-state index in [9.17, 15) is 38.4 Å². The molecule has 9 rings (SSSR count). The Morgan fingerprint density at radius 2 is 0.859 bits per heavy atom. The van der Waals surface area contributed by atoms with E-state index in [1.807, 2.05) is 36.4 Å². The number of amides is 10. The third-order valence-corrected chi connectivity index (χ3v) is 17.4. The maximum atomic E-state index is 14.6. The van der Waals surface area contributed by atoms with Crippen molar-refractivity contribution in [2.45, 2.75) is 163 Å². The molecular weight excluding hydrogens is 993 g/mol. The maximum Gasteiger partial charge on any atom is 0.321 e. The molecular formula is C58H78N12O8. The van der Waals surface area contributed by atoms with Gasteiger partial charge in [0.2, 0.25) is 35.4 Å². The van der Waals surface area contributed by atoms with Crippen molar-refractivity contribution < 1.29 is 38.4 Å². The molecule has 2 saturated carbocycles. The van der Waals surface area contributed by atoms with Gasteiger partial charge in [0.1, 0.15) is 24.2 Å². The van der Waals surface area contributed by atoms with Gasteiger partial charge in [-0.2, -0.15) is 0 Å². The van der Waals surface area contributed by atoms with Gasteiger partial charge in [-0.05, 0) is 128 Å². The molecule has 4 aliphatic heterocycles. The van der Waals surface area contributed by atoms with Crippen molar-refractivity contribution in [1.29, 1.82) is 0 Å². The van der Waals surface area contributed by atoms with E-state index in [-0.39, 0.29) is 74.0 Å². The van der Waals surface area contributed by atoms with E-state index >= 15 is 0 Å². The molecule has 6 aliphatic rings. The maximum absolute atomic E-state index is 14.6. The lowest BCUT2D eigenvalue weighted by atomic mass is 9.94. The van der Waals surface area contributed by atoms with Crippen molar-refractivity contribution >= 4 is 58.9 Å². The van der Waals surface area contributed by atoms with Crippen LogP contribution in [0.25, 0.3) is 0 Å². The minimum absolute atomic E-state index is 0.0530. The van der Waals surface area contributed by atoms with Crippen molar-refractivity contribution in [2.75, 3.05) is 50.9 Å². The second kappa shape index (κ2) is 25.2. The Balaban J connectivity index is 0.832. The average Bonchev–Trinajstić information content (AvgIpc) is 4.42. The van der Waals surface area contributed by atoms with Crippen molar-refractivity contribution in [1.82, 2.24) is 51.5 Å². The molecule has 0 radical (unpaired) electrons. The van der Waals surface area contributed by atoms with Gasteiger partial charge < -0.3 is 62.1 Å². The van der Waals surface area contributed by atoms with Gasteiger partial charge in [-0.1, -0.05) is 73.5 Å². The summed E-state index contributed by atoms with van der Waals surface area (Å²) in [5.74, 6) is -1.67. The van der Waals surface area contributed by atoms with Crippen LogP contribution in [0.2, 0.25) is 0 Å². The highest BCUT2D eigenvalue weighted by molar-refractivity contribution is 5.97. The molecule has 12 atom stereocenters. The highest BCUT2D eigenvalue weighted by Crippen LogP contribution is 2.38. The molecule has 3 aromatic carbocycles. The Hall–Kier alpha value is -7.06. The molecule has 4 saturated heterocycles. The summed E-state index contributed by atoms with van der Waals surface area (Å²) in [6, 6.07) is 20.3. The number of rotatable bonds is 14. The van der Waals surface area contributed by atoms with Crippen LogP contribution in [0.15, 0.2) is 84.9 Å². The van der Waals surface area contributed by atoms with E-state index in [4.69, 9.17) is 0 Å². The zero-order valence-electron chi connectivity index (χ0n) is 45.4. The molecule has 20 nitrogen and oxygen atoms in total. The number of anilines is 2. The number of likely N-dealkylation sites (N-methyl/N-ethyl adjacent to an activating group) is 2. The van der Waals surface area contributed by atoms with E-state index in [0.717, 1.165) is 38.5 Å². The van der Waals surface area contributed by atoms with E-state index in [0.29, 0.717) is 49.9 Å². The van der Waals surface area contributed by atoms with Crippen LogP contribution in [0, 0.1) is 0 Å². The van der Waals surface area contributed by atoms with E-state index < -0.39 is 71.9 Å². The van der Waals surface area contributed by atoms with Gasteiger partial charge in [0.15, 0.2) is 0 Å². The Morgan fingerprint density at radius 1 is 0.474 bits per heavy atom. The predicted molar refractivity (Wildman–Crippen MR) is 295 cm³/mol. The fourth-order valence-corrected chi connectivity index (χ4v) is 12.8. The predicted octanol–water partition coefficient (Wildman–Crippen LogP) is 3.97. The minimum atomic E-state index is -1.12. The van der Waals surface area contributed by atoms with Gasteiger partial charge in [-0.15, -0.1) is 0 Å². The lowest BCUT2D eigenvalue weighted by Crippen LogP contribution is -2.62. The molecule has 4 heterocycles. The molecule has 6 fully saturated rings. The molecule has 0 bridgehead atoms. The van der Waals surface area contributed by atoms with E-state index in [1.165, 1.54) is 20.9 Å². The summed E-state index contributed by atoms with van der Waals surface area (Å²) >= 11 is 0. The third kappa shape index (κ3) is 12.6. The first kappa shape index (κ1) is 55.7. The van der Waals surface area contributed by atoms with Gasteiger partial charge in [0.05, 0.1) is 25.2 Å². The van der Waals surface area contributed by atoms with Gasteiger partial charge >= 0.3 is 12.1 Å². The fourth-order valence-electron chi connectivity index (χ4n) is 12.8. The van der Waals surface area contributed by atoms with Crippen molar-refractivity contribution in [2.24, 2.45) is 0 Å². The lowest BCUT2D eigenvalue weighted by molar-refractivity contribution is -0.145. The first-order chi connectivity index (χ1) is 37.7. The van der Waals surface area contributed by atoms with Gasteiger partial charge in [-0.3, -0.25) is 28.8 Å². The van der Waals surface area contributed by atoms with Crippen LogP contribution in [0.3, 0.4) is 0 Å². The number of nitrogens with one attached hydrogen (secondary N) is 8. The first-order valence-corrected chi connectivity index (χ1v) is 28.2. The Morgan fingerprint density at radius 3 is 1.23 bits per heavy atom. The Kier molecular flexibility index (Phi) is 18.0. The molecule has 20 heteroatoms. The Bertz CT molecular complexity index is 2470.